The molecule has 0 aromatic rings. The predicted molar refractivity (Wildman–Crippen MR) is 60.5 cm³/mol. The summed E-state index contributed by atoms with van der Waals surface area (Å²) >= 11 is 0. The molecule has 2 atom stereocenters. The summed E-state index contributed by atoms with van der Waals surface area (Å²) in [6.45, 7) is 10.6. The summed E-state index contributed by atoms with van der Waals surface area (Å²) in [6, 6.07) is 0. The average molecular weight is 211 g/mol. The molecule has 0 bridgehead atoms. The Morgan fingerprint density at radius 3 is 2.47 bits per heavy atom. The van der Waals surface area contributed by atoms with Crippen LogP contribution >= 0.6 is 0 Å². The first-order valence-corrected chi connectivity index (χ1v) is 5.36. The first kappa shape index (κ1) is 12.1. The second kappa shape index (κ2) is 3.54. The molecule has 3 heteroatoms. The highest BCUT2D eigenvalue weighted by atomic mass is 16.4. The van der Waals surface area contributed by atoms with Gasteiger partial charge in [0.05, 0.1) is 5.41 Å². The van der Waals surface area contributed by atoms with Gasteiger partial charge >= 0.3 is 5.97 Å². The van der Waals surface area contributed by atoms with E-state index in [4.69, 9.17) is 0 Å². The van der Waals surface area contributed by atoms with Crippen molar-refractivity contribution in [3.05, 3.63) is 12.3 Å². The summed E-state index contributed by atoms with van der Waals surface area (Å²) < 4.78 is 0. The number of hydrogen-bond acceptors (Lipinski definition) is 2. The zero-order valence-electron chi connectivity index (χ0n) is 10.2. The Bertz CT molecular complexity index is 290. The van der Waals surface area contributed by atoms with Crippen LogP contribution in [0.25, 0.3) is 0 Å². The molecule has 0 aromatic heterocycles. The van der Waals surface area contributed by atoms with Gasteiger partial charge in [-0.2, -0.15) is 0 Å². The van der Waals surface area contributed by atoms with Gasteiger partial charge in [-0.3, -0.25) is 4.79 Å². The molecule has 1 aliphatic rings. The van der Waals surface area contributed by atoms with Crippen LogP contribution < -0.4 is 0 Å². The molecule has 0 saturated heterocycles. The van der Waals surface area contributed by atoms with Gasteiger partial charge < -0.3 is 10.0 Å². The number of nitrogens with zero attached hydrogens (tertiary/aromatic N) is 1. The van der Waals surface area contributed by atoms with Crippen LogP contribution in [0.1, 0.15) is 34.6 Å². The maximum atomic E-state index is 11.3. The van der Waals surface area contributed by atoms with Gasteiger partial charge in [-0.1, -0.05) is 13.0 Å². The van der Waals surface area contributed by atoms with Gasteiger partial charge in [-0.15, -0.1) is 0 Å². The average Bonchev–Trinajstić information content (AvgIpc) is 2.07. The molecule has 0 saturated carbocycles. The van der Waals surface area contributed by atoms with Gasteiger partial charge in [0, 0.05) is 12.1 Å². The molecule has 0 radical (unpaired) electrons. The standard InChI is InChI=1S/C12H21NO2/c1-9-6-7-13(11(2,3)4)8-12(9,5)10(14)15/h6-7,9H,8H2,1-5H3,(H,14,15). The minimum absolute atomic E-state index is 0.0205. The fourth-order valence-corrected chi connectivity index (χ4v) is 1.72. The molecule has 86 valence electrons. The van der Waals surface area contributed by atoms with Gasteiger partial charge in [-0.05, 0) is 39.8 Å². The summed E-state index contributed by atoms with van der Waals surface area (Å²) in [6.07, 6.45) is 4.01. The Labute approximate surface area is 91.8 Å². The molecule has 0 aliphatic carbocycles. The van der Waals surface area contributed by atoms with Crippen molar-refractivity contribution in [2.45, 2.75) is 40.2 Å². The maximum absolute atomic E-state index is 11.3. The van der Waals surface area contributed by atoms with Crippen molar-refractivity contribution in [1.29, 1.82) is 0 Å². The van der Waals surface area contributed by atoms with Crippen molar-refractivity contribution in [2.24, 2.45) is 11.3 Å². The van der Waals surface area contributed by atoms with E-state index < -0.39 is 11.4 Å². The molecule has 0 spiro atoms. The Kier molecular flexibility index (Phi) is 2.85. The van der Waals surface area contributed by atoms with Crippen LogP contribution in [0.5, 0.6) is 0 Å². The number of allylic oxidation sites excluding steroid dienone is 1. The smallest absolute Gasteiger partial charge is 0.311 e. The molecule has 2 unspecified atom stereocenters. The second-order valence-corrected chi connectivity index (χ2v) is 5.65. The van der Waals surface area contributed by atoms with Crippen LogP contribution in [0.2, 0.25) is 0 Å². The molecule has 0 amide bonds. The number of aliphatic carboxylic acids is 1. The highest BCUT2D eigenvalue weighted by Crippen LogP contribution is 2.36. The van der Waals surface area contributed by atoms with Crippen LogP contribution in [0, 0.1) is 11.3 Å². The van der Waals surface area contributed by atoms with E-state index in [2.05, 4.69) is 25.7 Å². The third kappa shape index (κ3) is 2.16. The van der Waals surface area contributed by atoms with E-state index in [0.29, 0.717) is 6.54 Å². The number of carboxylic acids is 1. The molecule has 0 fully saturated rings. The third-order valence-electron chi connectivity index (χ3n) is 3.41. The van der Waals surface area contributed by atoms with E-state index in [1.807, 2.05) is 26.1 Å². The lowest BCUT2D eigenvalue weighted by Crippen LogP contribution is -2.51. The van der Waals surface area contributed by atoms with Gasteiger partial charge in [0.2, 0.25) is 0 Å². The van der Waals surface area contributed by atoms with Crippen molar-refractivity contribution >= 4 is 5.97 Å². The molecule has 1 rings (SSSR count). The van der Waals surface area contributed by atoms with Gasteiger partial charge in [-0.25, -0.2) is 0 Å². The fourth-order valence-electron chi connectivity index (χ4n) is 1.72. The van der Waals surface area contributed by atoms with Crippen LogP contribution in [0.4, 0.5) is 0 Å². The zero-order chi connectivity index (χ0) is 11.9. The Morgan fingerprint density at radius 1 is 1.53 bits per heavy atom. The SMILES string of the molecule is CC1C=CN(C(C)(C)C)CC1(C)C(=O)O. The topological polar surface area (TPSA) is 40.5 Å². The summed E-state index contributed by atoms with van der Waals surface area (Å²) in [5.74, 6) is -0.637. The molecule has 3 nitrogen and oxygen atoms in total. The minimum Gasteiger partial charge on any atom is -0.481 e. The van der Waals surface area contributed by atoms with E-state index in [1.54, 1.807) is 0 Å². The molecule has 1 N–H and O–H groups in total. The van der Waals surface area contributed by atoms with Crippen molar-refractivity contribution in [1.82, 2.24) is 4.90 Å². The van der Waals surface area contributed by atoms with Crippen LogP contribution in [-0.4, -0.2) is 28.1 Å². The van der Waals surface area contributed by atoms with E-state index >= 15 is 0 Å². The number of carboxylic acid groups (broad SMARTS) is 1. The molecule has 0 aromatic carbocycles. The second-order valence-electron chi connectivity index (χ2n) is 5.65. The normalized spacial score (nSPS) is 31.8. The van der Waals surface area contributed by atoms with Crippen molar-refractivity contribution in [2.75, 3.05) is 6.54 Å². The quantitative estimate of drug-likeness (QED) is 0.723. The summed E-state index contributed by atoms with van der Waals surface area (Å²) in [4.78, 5) is 13.4. The van der Waals surface area contributed by atoms with E-state index in [9.17, 15) is 9.90 Å². The molecule has 1 aliphatic heterocycles. The van der Waals surface area contributed by atoms with Crippen molar-refractivity contribution < 1.29 is 9.90 Å². The monoisotopic (exact) mass is 211 g/mol. The highest BCUT2D eigenvalue weighted by Gasteiger charge is 2.43. The first-order chi connectivity index (χ1) is 6.68. The Hall–Kier alpha value is -0.990. The minimum atomic E-state index is -0.714. The number of carbonyl (C=O) groups is 1. The van der Waals surface area contributed by atoms with Gasteiger partial charge in [0.1, 0.15) is 0 Å². The lowest BCUT2D eigenvalue weighted by atomic mass is 9.75. The number of rotatable bonds is 1. The predicted octanol–water partition coefficient (Wildman–Crippen LogP) is 2.34. The zero-order valence-corrected chi connectivity index (χ0v) is 10.2. The lowest BCUT2D eigenvalue weighted by Gasteiger charge is -2.45. The maximum Gasteiger partial charge on any atom is 0.311 e. The van der Waals surface area contributed by atoms with Crippen LogP contribution in [0.15, 0.2) is 12.3 Å². The van der Waals surface area contributed by atoms with E-state index in [1.165, 1.54) is 0 Å². The summed E-state index contributed by atoms with van der Waals surface area (Å²) in [7, 11) is 0. The van der Waals surface area contributed by atoms with Gasteiger partial charge in [0.15, 0.2) is 0 Å². The fraction of sp³-hybridized carbons (Fsp3) is 0.750. The van der Waals surface area contributed by atoms with Gasteiger partial charge in [0.25, 0.3) is 0 Å². The molecule has 1 heterocycles. The van der Waals surface area contributed by atoms with E-state index in [0.717, 1.165) is 0 Å². The van der Waals surface area contributed by atoms with Crippen molar-refractivity contribution in [3.63, 3.8) is 0 Å². The van der Waals surface area contributed by atoms with Crippen LogP contribution in [0.3, 0.4) is 0 Å². The third-order valence-corrected chi connectivity index (χ3v) is 3.41. The highest BCUT2D eigenvalue weighted by molar-refractivity contribution is 5.75. The Morgan fingerprint density at radius 2 is 2.07 bits per heavy atom. The summed E-state index contributed by atoms with van der Waals surface area (Å²) in [5.41, 5.74) is -0.699. The first-order valence-electron chi connectivity index (χ1n) is 5.36. The van der Waals surface area contributed by atoms with Crippen molar-refractivity contribution in [3.8, 4) is 0 Å². The lowest BCUT2D eigenvalue weighted by molar-refractivity contribution is -0.152. The largest absolute Gasteiger partial charge is 0.481 e. The molecular weight excluding hydrogens is 190 g/mol. The molecular formula is C12H21NO2. The number of hydrogen-bond donors (Lipinski definition) is 1. The summed E-state index contributed by atoms with van der Waals surface area (Å²) in [5, 5.41) is 9.29. The van der Waals surface area contributed by atoms with Crippen LogP contribution in [-0.2, 0) is 4.79 Å². The molecule has 15 heavy (non-hydrogen) atoms. The Balaban J connectivity index is 2.98. The van der Waals surface area contributed by atoms with E-state index in [-0.39, 0.29) is 11.5 Å².